The minimum atomic E-state index is -1.32. The van der Waals surface area contributed by atoms with Gasteiger partial charge in [0.25, 0.3) is 0 Å². The predicted octanol–water partition coefficient (Wildman–Crippen LogP) is -0.000600. The first-order valence-corrected chi connectivity index (χ1v) is 7.29. The summed E-state index contributed by atoms with van der Waals surface area (Å²) >= 11 is 0. The van der Waals surface area contributed by atoms with E-state index >= 15 is 0 Å². The van der Waals surface area contributed by atoms with Crippen molar-refractivity contribution in [2.24, 2.45) is 17.6 Å². The molecule has 0 aromatic rings. The average Bonchev–Trinajstić information content (AvgIpc) is 2.34. The van der Waals surface area contributed by atoms with E-state index in [9.17, 15) is 9.90 Å². The second kappa shape index (κ2) is 7.40. The number of nitrogens with zero attached hydrogens (tertiary/aromatic N) is 1. The van der Waals surface area contributed by atoms with E-state index in [2.05, 4.69) is 0 Å². The molecular weight excluding hydrogens is 259 g/mol. The van der Waals surface area contributed by atoms with Crippen molar-refractivity contribution in [3.8, 4) is 0 Å². The Bertz CT molecular complexity index is 327. The summed E-state index contributed by atoms with van der Waals surface area (Å²) in [4.78, 5) is 13.6. The van der Waals surface area contributed by atoms with Gasteiger partial charge in [-0.3, -0.25) is 4.79 Å². The van der Waals surface area contributed by atoms with Gasteiger partial charge in [-0.15, -0.1) is 0 Å². The van der Waals surface area contributed by atoms with Crippen molar-refractivity contribution in [3.05, 3.63) is 0 Å². The number of hydrogen-bond acceptors (Lipinski definition) is 5. The maximum absolute atomic E-state index is 11.6. The molecular formula is C13H27BN2O4. The Morgan fingerprint density at radius 3 is 2.50 bits per heavy atom. The third kappa shape index (κ3) is 4.73. The van der Waals surface area contributed by atoms with Crippen LogP contribution in [0.5, 0.6) is 0 Å². The quantitative estimate of drug-likeness (QED) is 0.491. The molecule has 0 spiro atoms. The fraction of sp³-hybridized carbons (Fsp3) is 0.923. The number of nitrogens with two attached hydrogens (primary N) is 1. The maximum Gasteiger partial charge on any atom is 0.451 e. The van der Waals surface area contributed by atoms with Crippen LogP contribution in [0.25, 0.3) is 0 Å². The summed E-state index contributed by atoms with van der Waals surface area (Å²) in [5, 5.41) is 27.3. The summed E-state index contributed by atoms with van der Waals surface area (Å²) in [6.45, 7) is 0.830. The van der Waals surface area contributed by atoms with Gasteiger partial charge in [0.2, 0.25) is 0 Å². The van der Waals surface area contributed by atoms with E-state index < -0.39 is 18.6 Å². The second-order valence-corrected chi connectivity index (χ2v) is 6.34. The highest BCUT2D eigenvalue weighted by atomic mass is 16.4. The average molecular weight is 286 g/mol. The van der Waals surface area contributed by atoms with Crippen LogP contribution in [0, 0.1) is 11.8 Å². The normalized spacial score (nSPS) is 30.5. The minimum absolute atomic E-state index is 0.0160. The third-order valence-corrected chi connectivity index (χ3v) is 4.43. The van der Waals surface area contributed by atoms with Crippen molar-refractivity contribution in [1.29, 1.82) is 0 Å². The molecule has 0 aromatic heterocycles. The molecule has 1 fully saturated rings. The van der Waals surface area contributed by atoms with Gasteiger partial charge in [-0.05, 0) is 58.1 Å². The lowest BCUT2D eigenvalue weighted by atomic mass is 9.65. The molecule has 0 aliphatic heterocycles. The molecule has 7 heteroatoms. The summed E-state index contributed by atoms with van der Waals surface area (Å²) in [5.41, 5.74) is 5.00. The van der Waals surface area contributed by atoms with Crippen LogP contribution < -0.4 is 5.73 Å². The maximum atomic E-state index is 11.6. The molecule has 1 saturated carbocycles. The van der Waals surface area contributed by atoms with Crippen LogP contribution >= 0.6 is 0 Å². The van der Waals surface area contributed by atoms with Crippen LogP contribution in [0.3, 0.4) is 0 Å². The van der Waals surface area contributed by atoms with Gasteiger partial charge in [0.05, 0.1) is 0 Å². The smallest absolute Gasteiger partial charge is 0.451 e. The zero-order chi connectivity index (χ0) is 15.3. The standard InChI is InChI=1S/C13H27BN2O4/c1-16(2)8-6-11-4-3-10(5-7-14(19)20)9-13(11,15)12(17)18/h10-11,19-20H,3-9,15H2,1-2H3,(H,17,18)/t10-,11?,13?/m0/s1. The van der Waals surface area contributed by atoms with Gasteiger partial charge in [0, 0.05) is 0 Å². The van der Waals surface area contributed by atoms with Gasteiger partial charge < -0.3 is 25.8 Å². The van der Waals surface area contributed by atoms with E-state index in [4.69, 9.17) is 15.8 Å². The molecule has 1 aliphatic carbocycles. The Hall–Kier alpha value is -0.625. The number of carboxylic acids is 1. The molecule has 1 rings (SSSR count). The molecule has 3 atom stereocenters. The lowest BCUT2D eigenvalue weighted by Gasteiger charge is -2.42. The van der Waals surface area contributed by atoms with Crippen LogP contribution in [0.15, 0.2) is 0 Å². The molecule has 0 radical (unpaired) electrons. The molecule has 116 valence electrons. The van der Waals surface area contributed by atoms with Crippen molar-refractivity contribution < 1.29 is 19.9 Å². The Balaban J connectivity index is 2.64. The Kier molecular flexibility index (Phi) is 6.45. The summed E-state index contributed by atoms with van der Waals surface area (Å²) in [6, 6.07) is 0. The monoisotopic (exact) mass is 286 g/mol. The lowest BCUT2D eigenvalue weighted by Crippen LogP contribution is -2.57. The molecule has 0 aromatic carbocycles. The van der Waals surface area contributed by atoms with Crippen LogP contribution in [-0.4, -0.2) is 59.3 Å². The third-order valence-electron chi connectivity index (χ3n) is 4.43. The Morgan fingerprint density at radius 1 is 1.35 bits per heavy atom. The van der Waals surface area contributed by atoms with E-state index in [0.29, 0.717) is 12.8 Å². The topological polar surface area (TPSA) is 107 Å². The SMILES string of the molecule is CN(C)CCC1CC[C@@H](CCB(O)O)CC1(N)C(=O)O. The van der Waals surface area contributed by atoms with Gasteiger partial charge >= 0.3 is 13.1 Å². The molecule has 6 nitrogen and oxygen atoms in total. The van der Waals surface area contributed by atoms with Gasteiger partial charge in [0.1, 0.15) is 5.54 Å². The second-order valence-electron chi connectivity index (χ2n) is 6.34. The zero-order valence-corrected chi connectivity index (χ0v) is 12.5. The highest BCUT2D eigenvalue weighted by molar-refractivity contribution is 6.40. The minimum Gasteiger partial charge on any atom is -0.480 e. The van der Waals surface area contributed by atoms with E-state index in [-0.39, 0.29) is 18.2 Å². The molecule has 1 aliphatic rings. The number of rotatable bonds is 7. The molecule has 5 N–H and O–H groups in total. The molecule has 0 amide bonds. The van der Waals surface area contributed by atoms with Crippen molar-refractivity contribution in [2.75, 3.05) is 20.6 Å². The summed E-state index contributed by atoms with van der Waals surface area (Å²) in [7, 11) is 2.61. The first-order chi connectivity index (χ1) is 9.25. The van der Waals surface area contributed by atoms with Crippen LogP contribution in [-0.2, 0) is 4.79 Å². The van der Waals surface area contributed by atoms with Crippen LogP contribution in [0.4, 0.5) is 0 Å². The van der Waals surface area contributed by atoms with Crippen molar-refractivity contribution in [3.63, 3.8) is 0 Å². The van der Waals surface area contributed by atoms with Gasteiger partial charge in [-0.2, -0.15) is 0 Å². The van der Waals surface area contributed by atoms with E-state index in [1.54, 1.807) is 0 Å². The molecule has 2 unspecified atom stereocenters. The molecule has 0 heterocycles. The Morgan fingerprint density at radius 2 is 2.00 bits per heavy atom. The highest BCUT2D eigenvalue weighted by Gasteiger charge is 2.46. The highest BCUT2D eigenvalue weighted by Crippen LogP contribution is 2.39. The van der Waals surface area contributed by atoms with Gasteiger partial charge in [0.15, 0.2) is 0 Å². The van der Waals surface area contributed by atoms with Crippen molar-refractivity contribution in [1.82, 2.24) is 4.90 Å². The molecule has 20 heavy (non-hydrogen) atoms. The van der Waals surface area contributed by atoms with E-state index in [1.807, 2.05) is 19.0 Å². The van der Waals surface area contributed by atoms with Gasteiger partial charge in [-0.1, -0.05) is 12.8 Å². The Labute approximate surface area is 121 Å². The van der Waals surface area contributed by atoms with E-state index in [0.717, 1.165) is 25.8 Å². The number of aliphatic carboxylic acids is 1. The van der Waals surface area contributed by atoms with Crippen LogP contribution in [0.2, 0.25) is 6.32 Å². The number of hydrogen-bond donors (Lipinski definition) is 4. The van der Waals surface area contributed by atoms with Crippen molar-refractivity contribution in [2.45, 2.75) is 44.0 Å². The fourth-order valence-corrected chi connectivity index (χ4v) is 3.15. The summed E-state index contributed by atoms with van der Waals surface area (Å²) in [5.74, 6) is -0.790. The summed E-state index contributed by atoms with van der Waals surface area (Å²) < 4.78 is 0. The van der Waals surface area contributed by atoms with Crippen LogP contribution in [0.1, 0.15) is 32.1 Å². The fourth-order valence-electron chi connectivity index (χ4n) is 3.15. The molecule has 0 bridgehead atoms. The van der Waals surface area contributed by atoms with Crippen molar-refractivity contribution >= 4 is 13.1 Å². The van der Waals surface area contributed by atoms with E-state index in [1.165, 1.54) is 0 Å². The molecule has 0 saturated heterocycles. The number of carboxylic acid groups (broad SMARTS) is 1. The first-order valence-electron chi connectivity index (χ1n) is 7.29. The predicted molar refractivity (Wildman–Crippen MR) is 78.2 cm³/mol. The largest absolute Gasteiger partial charge is 0.480 e. The lowest BCUT2D eigenvalue weighted by molar-refractivity contribution is -0.148. The zero-order valence-electron chi connectivity index (χ0n) is 12.5. The summed E-state index contributed by atoms with van der Waals surface area (Å²) in [6.07, 6.45) is 3.81. The van der Waals surface area contributed by atoms with Gasteiger partial charge in [-0.25, -0.2) is 0 Å². The number of carbonyl (C=O) groups is 1. The first kappa shape index (κ1) is 17.4.